The van der Waals surface area contributed by atoms with E-state index < -0.39 is 5.91 Å². The fourth-order valence-corrected chi connectivity index (χ4v) is 5.11. The Kier molecular flexibility index (Phi) is 5.33. The minimum atomic E-state index is -0.532. The summed E-state index contributed by atoms with van der Waals surface area (Å²) in [4.78, 5) is 32.4. The maximum atomic E-state index is 12.7. The SMILES string of the molecule is CCN1C(=O)C(C#N)=C(C)/C(=C/c2cc3sc(C#Cc4ccccc4)nc3s2)C1=O. The Morgan fingerprint density at radius 2 is 1.90 bits per heavy atom. The molecule has 0 saturated heterocycles. The average molecular weight is 430 g/mol. The normalized spacial score (nSPS) is 15.5. The van der Waals surface area contributed by atoms with Gasteiger partial charge in [0.05, 0.1) is 4.70 Å². The number of carbonyl (C=O) groups excluding carboxylic acids is 2. The molecule has 30 heavy (non-hydrogen) atoms. The highest BCUT2D eigenvalue weighted by Crippen LogP contribution is 2.33. The highest BCUT2D eigenvalue weighted by molar-refractivity contribution is 7.27. The van der Waals surface area contributed by atoms with Gasteiger partial charge in [-0.2, -0.15) is 5.26 Å². The molecule has 0 bridgehead atoms. The second-order valence-electron chi connectivity index (χ2n) is 6.48. The number of thiazole rings is 1. The molecule has 0 fully saturated rings. The number of rotatable bonds is 2. The van der Waals surface area contributed by atoms with Gasteiger partial charge in [0.2, 0.25) is 0 Å². The van der Waals surface area contributed by atoms with Crippen LogP contribution in [0.3, 0.4) is 0 Å². The van der Waals surface area contributed by atoms with E-state index in [1.54, 1.807) is 19.9 Å². The number of likely N-dealkylation sites (N-methyl/N-ethyl adjacent to an activating group) is 1. The van der Waals surface area contributed by atoms with Gasteiger partial charge in [-0.15, -0.1) is 22.7 Å². The predicted octanol–water partition coefficient (Wildman–Crippen LogP) is 4.37. The predicted molar refractivity (Wildman–Crippen MR) is 119 cm³/mol. The summed E-state index contributed by atoms with van der Waals surface area (Å²) in [5.74, 6) is 5.28. The third-order valence-electron chi connectivity index (χ3n) is 4.62. The van der Waals surface area contributed by atoms with Crippen molar-refractivity contribution in [1.82, 2.24) is 9.88 Å². The lowest BCUT2D eigenvalue weighted by molar-refractivity contribution is -0.140. The second-order valence-corrected chi connectivity index (χ2v) is 8.57. The van der Waals surface area contributed by atoms with Gasteiger partial charge in [0, 0.05) is 22.6 Å². The Bertz CT molecular complexity index is 1310. The highest BCUT2D eigenvalue weighted by atomic mass is 32.1. The number of aromatic nitrogens is 1. The molecule has 4 rings (SSSR count). The van der Waals surface area contributed by atoms with Gasteiger partial charge in [-0.3, -0.25) is 14.5 Å². The van der Waals surface area contributed by atoms with Crippen molar-refractivity contribution in [1.29, 1.82) is 5.26 Å². The Balaban J connectivity index is 1.68. The van der Waals surface area contributed by atoms with Crippen LogP contribution in [0.15, 0.2) is 53.1 Å². The summed E-state index contributed by atoms with van der Waals surface area (Å²) in [6, 6.07) is 13.6. The molecule has 0 N–H and O–H groups in total. The molecular formula is C23H15N3O2S2. The van der Waals surface area contributed by atoms with Gasteiger partial charge in [0.1, 0.15) is 16.5 Å². The molecule has 1 aliphatic rings. The molecule has 146 valence electrons. The van der Waals surface area contributed by atoms with Crippen molar-refractivity contribution in [3.63, 3.8) is 0 Å². The topological polar surface area (TPSA) is 74.1 Å². The van der Waals surface area contributed by atoms with Crippen LogP contribution in [0.1, 0.15) is 29.3 Å². The van der Waals surface area contributed by atoms with Crippen LogP contribution in [0.5, 0.6) is 0 Å². The van der Waals surface area contributed by atoms with Gasteiger partial charge in [0.25, 0.3) is 11.8 Å². The zero-order valence-electron chi connectivity index (χ0n) is 16.2. The number of nitrogens with zero attached hydrogens (tertiary/aromatic N) is 3. The molecule has 2 aromatic heterocycles. The molecule has 2 amide bonds. The van der Waals surface area contributed by atoms with E-state index in [-0.39, 0.29) is 18.0 Å². The Morgan fingerprint density at radius 1 is 1.13 bits per heavy atom. The lowest BCUT2D eigenvalue weighted by Crippen LogP contribution is -2.42. The van der Waals surface area contributed by atoms with Crippen molar-refractivity contribution in [2.75, 3.05) is 6.54 Å². The molecule has 0 aliphatic carbocycles. The molecule has 1 aromatic carbocycles. The molecular weight excluding hydrogens is 414 g/mol. The number of hydrogen-bond acceptors (Lipinski definition) is 6. The lowest BCUT2D eigenvalue weighted by Gasteiger charge is -2.26. The number of nitriles is 1. The number of thiophene rings is 1. The Hall–Kier alpha value is -3.52. The van der Waals surface area contributed by atoms with Crippen LogP contribution in [0.4, 0.5) is 0 Å². The van der Waals surface area contributed by atoms with Gasteiger partial charge < -0.3 is 0 Å². The molecule has 3 aromatic rings. The smallest absolute Gasteiger partial charge is 0.271 e. The number of carbonyl (C=O) groups is 2. The van der Waals surface area contributed by atoms with Crippen LogP contribution in [-0.4, -0.2) is 28.2 Å². The van der Waals surface area contributed by atoms with E-state index in [1.807, 2.05) is 42.5 Å². The summed E-state index contributed by atoms with van der Waals surface area (Å²) < 4.78 is 0.984. The van der Waals surface area contributed by atoms with Crippen molar-refractivity contribution in [2.45, 2.75) is 13.8 Å². The largest absolute Gasteiger partial charge is 0.274 e. The number of amides is 2. The van der Waals surface area contributed by atoms with Crippen molar-refractivity contribution < 1.29 is 9.59 Å². The van der Waals surface area contributed by atoms with Crippen LogP contribution >= 0.6 is 22.7 Å². The summed E-state index contributed by atoms with van der Waals surface area (Å²) in [6.45, 7) is 3.57. The minimum Gasteiger partial charge on any atom is -0.274 e. The van der Waals surface area contributed by atoms with E-state index in [9.17, 15) is 14.9 Å². The van der Waals surface area contributed by atoms with E-state index in [1.165, 1.54) is 22.7 Å². The van der Waals surface area contributed by atoms with E-state index in [2.05, 4.69) is 16.8 Å². The fraction of sp³-hybridized carbons (Fsp3) is 0.130. The van der Waals surface area contributed by atoms with E-state index in [4.69, 9.17) is 0 Å². The van der Waals surface area contributed by atoms with E-state index >= 15 is 0 Å². The van der Waals surface area contributed by atoms with Gasteiger partial charge in [-0.05, 0) is 49.6 Å². The lowest BCUT2D eigenvalue weighted by atomic mass is 9.95. The maximum Gasteiger partial charge on any atom is 0.271 e. The van der Waals surface area contributed by atoms with Crippen LogP contribution in [-0.2, 0) is 9.59 Å². The molecule has 0 saturated carbocycles. The van der Waals surface area contributed by atoms with Crippen LogP contribution in [0.2, 0.25) is 0 Å². The first-order valence-corrected chi connectivity index (χ1v) is 10.8. The molecule has 1 aliphatic heterocycles. The number of benzene rings is 1. The van der Waals surface area contributed by atoms with E-state index in [0.29, 0.717) is 11.1 Å². The number of imide groups is 1. The first-order valence-electron chi connectivity index (χ1n) is 9.18. The summed E-state index contributed by atoms with van der Waals surface area (Å²) in [5, 5.41) is 10.1. The molecule has 0 spiro atoms. The monoisotopic (exact) mass is 429 g/mol. The molecule has 7 heteroatoms. The molecule has 0 unspecified atom stereocenters. The molecule has 0 atom stereocenters. The first kappa shape index (κ1) is 19.8. The van der Waals surface area contributed by atoms with Gasteiger partial charge in [-0.1, -0.05) is 24.1 Å². The van der Waals surface area contributed by atoms with Crippen LogP contribution in [0, 0.1) is 23.2 Å². The standard InChI is InChI=1S/C23H15N3O2S2/c1-3-26-22(27)17(14(2)18(13-24)23(26)28)11-16-12-19-21(29-16)25-20(30-19)10-9-15-7-5-4-6-8-15/h4-8,11-12H,3H2,1-2H3/b17-11-. The molecule has 5 nitrogen and oxygen atoms in total. The summed E-state index contributed by atoms with van der Waals surface area (Å²) in [5.41, 5.74) is 1.72. The van der Waals surface area contributed by atoms with Crippen LogP contribution in [0.25, 0.3) is 15.6 Å². The minimum absolute atomic E-state index is 0.0117. The van der Waals surface area contributed by atoms with Gasteiger partial charge in [-0.25, -0.2) is 4.98 Å². The molecule has 3 heterocycles. The highest BCUT2D eigenvalue weighted by Gasteiger charge is 2.34. The average Bonchev–Trinajstić information content (AvgIpc) is 3.29. The van der Waals surface area contributed by atoms with Gasteiger partial charge >= 0.3 is 0 Å². The van der Waals surface area contributed by atoms with Crippen molar-refractivity contribution >= 4 is 50.1 Å². The Morgan fingerprint density at radius 3 is 2.57 bits per heavy atom. The summed E-state index contributed by atoms with van der Waals surface area (Å²) in [6.07, 6.45) is 1.73. The number of hydrogen-bond donors (Lipinski definition) is 0. The fourth-order valence-electron chi connectivity index (χ4n) is 3.08. The van der Waals surface area contributed by atoms with Gasteiger partial charge in [0.15, 0.2) is 5.01 Å². The van der Waals surface area contributed by atoms with E-state index in [0.717, 1.165) is 29.9 Å². The Labute approximate surface area is 181 Å². The third kappa shape index (κ3) is 3.57. The first-order chi connectivity index (χ1) is 14.5. The summed E-state index contributed by atoms with van der Waals surface area (Å²) >= 11 is 2.94. The third-order valence-corrected chi connectivity index (χ3v) is 6.65. The quantitative estimate of drug-likeness (QED) is 0.344. The maximum absolute atomic E-state index is 12.7. The van der Waals surface area contributed by atoms with Crippen LogP contribution < -0.4 is 0 Å². The van der Waals surface area contributed by atoms with Crippen molar-refractivity contribution in [2.24, 2.45) is 0 Å². The zero-order chi connectivity index (χ0) is 21.3. The zero-order valence-corrected chi connectivity index (χ0v) is 17.9. The van der Waals surface area contributed by atoms with Crippen molar-refractivity contribution in [3.8, 4) is 17.9 Å². The summed E-state index contributed by atoms with van der Waals surface area (Å²) in [7, 11) is 0. The number of fused-ring (bicyclic) bond motifs is 1. The van der Waals surface area contributed by atoms with Crippen molar-refractivity contribution in [3.05, 3.63) is 68.6 Å². The second kappa shape index (κ2) is 8.08. The molecule has 0 radical (unpaired) electrons.